The van der Waals surface area contributed by atoms with Crippen LogP contribution in [0, 0.1) is 0 Å². The zero-order chi connectivity index (χ0) is 13.3. The van der Waals surface area contributed by atoms with Gasteiger partial charge in [0.2, 0.25) is 10.0 Å². The van der Waals surface area contributed by atoms with Gasteiger partial charge in [0.15, 0.2) is 0 Å². The average Bonchev–Trinajstić information content (AvgIpc) is 2.15. The molecule has 0 spiro atoms. The van der Waals surface area contributed by atoms with Crippen LogP contribution in [0.15, 0.2) is 29.2 Å². The van der Waals surface area contributed by atoms with Crippen LogP contribution in [0.25, 0.3) is 0 Å². The summed E-state index contributed by atoms with van der Waals surface area (Å²) < 4.78 is 55.8. The average molecular weight is 279 g/mol. The van der Waals surface area contributed by atoms with Crippen molar-refractivity contribution in [2.75, 3.05) is 4.72 Å². The lowest BCUT2D eigenvalue weighted by molar-refractivity contribution is 0.483. The van der Waals surface area contributed by atoms with Crippen LogP contribution in [0.4, 0.5) is 5.69 Å². The van der Waals surface area contributed by atoms with Gasteiger partial charge in [0, 0.05) is 5.69 Å². The van der Waals surface area contributed by atoms with Crippen molar-refractivity contribution in [2.45, 2.75) is 24.0 Å². The Labute approximate surface area is 100 Å². The minimum Gasteiger partial charge on any atom is -0.283 e. The maximum atomic E-state index is 11.5. The molecule has 0 atom stereocenters. The summed E-state index contributed by atoms with van der Waals surface area (Å²) in [5, 5.41) is -0.642. The van der Waals surface area contributed by atoms with Gasteiger partial charge in [-0.2, -0.15) is 8.42 Å². The molecule has 96 valence electrons. The topological polar surface area (TPSA) is 101 Å². The Balaban J connectivity index is 3.11. The molecule has 0 aliphatic heterocycles. The lowest BCUT2D eigenvalue weighted by Crippen LogP contribution is -2.22. The fourth-order valence-electron chi connectivity index (χ4n) is 1.00. The minimum absolute atomic E-state index is 0.0915. The molecule has 0 aromatic heterocycles. The summed E-state index contributed by atoms with van der Waals surface area (Å²) in [5.74, 6) is 0. The minimum atomic E-state index is -4.34. The maximum absolute atomic E-state index is 11.5. The van der Waals surface area contributed by atoms with E-state index < -0.39 is 25.4 Å². The zero-order valence-electron chi connectivity index (χ0n) is 9.28. The monoisotopic (exact) mass is 279 g/mol. The molecular weight excluding hydrogens is 266 g/mol. The van der Waals surface area contributed by atoms with Gasteiger partial charge >= 0.3 is 0 Å². The van der Waals surface area contributed by atoms with E-state index in [0.29, 0.717) is 0 Å². The Bertz CT molecular complexity index is 604. The molecule has 1 aromatic rings. The van der Waals surface area contributed by atoms with Gasteiger partial charge in [-0.25, -0.2) is 8.42 Å². The second kappa shape index (κ2) is 4.63. The van der Waals surface area contributed by atoms with E-state index in [9.17, 15) is 16.8 Å². The van der Waals surface area contributed by atoms with Crippen LogP contribution in [0.2, 0.25) is 0 Å². The Morgan fingerprint density at radius 2 is 1.76 bits per heavy atom. The van der Waals surface area contributed by atoms with Crippen molar-refractivity contribution in [3.63, 3.8) is 0 Å². The number of nitrogens with one attached hydrogen (secondary N) is 1. The molecule has 8 heteroatoms. The highest BCUT2D eigenvalue weighted by molar-refractivity contribution is 7.93. The molecule has 0 heterocycles. The summed E-state index contributed by atoms with van der Waals surface area (Å²) in [5.41, 5.74) is 0.0915. The first-order valence-electron chi connectivity index (χ1n) is 4.72. The Kier molecular flexibility index (Phi) is 3.80. The molecule has 2 N–H and O–H groups in total. The first kappa shape index (κ1) is 13.9. The van der Waals surface area contributed by atoms with E-state index in [-0.39, 0.29) is 10.6 Å². The second-order valence-corrected chi connectivity index (χ2v) is 7.36. The molecule has 1 aromatic carbocycles. The van der Waals surface area contributed by atoms with Crippen molar-refractivity contribution in [2.24, 2.45) is 0 Å². The molecule has 0 radical (unpaired) electrons. The summed E-state index contributed by atoms with van der Waals surface area (Å²) in [6.45, 7) is 2.99. The number of rotatable bonds is 4. The van der Waals surface area contributed by atoms with Crippen LogP contribution in [0.3, 0.4) is 0 Å². The lowest BCUT2D eigenvalue weighted by atomic mass is 10.3. The molecular formula is C9H13NO5S2. The lowest BCUT2D eigenvalue weighted by Gasteiger charge is -2.11. The molecule has 0 saturated heterocycles. The molecule has 0 aliphatic carbocycles. The number of benzene rings is 1. The Morgan fingerprint density at radius 1 is 1.18 bits per heavy atom. The third-order valence-electron chi connectivity index (χ3n) is 2.01. The predicted molar refractivity (Wildman–Crippen MR) is 63.9 cm³/mol. The highest BCUT2D eigenvalue weighted by Gasteiger charge is 2.17. The second-order valence-electron chi connectivity index (χ2n) is 3.70. The van der Waals surface area contributed by atoms with Gasteiger partial charge in [-0.1, -0.05) is 6.07 Å². The van der Waals surface area contributed by atoms with Gasteiger partial charge in [-0.05, 0) is 32.0 Å². The van der Waals surface area contributed by atoms with Crippen LogP contribution in [0.1, 0.15) is 13.8 Å². The van der Waals surface area contributed by atoms with E-state index in [0.717, 1.165) is 6.07 Å². The standard InChI is InChI=1S/C9H13NO5S2/c1-7(2)16(11,12)10-8-4-3-5-9(6-8)17(13,14)15/h3-7,10H,1-2H3,(H,13,14,15). The van der Waals surface area contributed by atoms with Crippen LogP contribution < -0.4 is 4.72 Å². The van der Waals surface area contributed by atoms with Gasteiger partial charge in [0.1, 0.15) is 0 Å². The van der Waals surface area contributed by atoms with Crippen molar-refractivity contribution >= 4 is 25.8 Å². The maximum Gasteiger partial charge on any atom is 0.294 e. The van der Waals surface area contributed by atoms with Gasteiger partial charge in [0.25, 0.3) is 10.1 Å². The summed E-state index contributed by atoms with van der Waals surface area (Å²) in [6.07, 6.45) is 0. The molecule has 0 saturated carbocycles. The number of hydrogen-bond donors (Lipinski definition) is 2. The highest BCUT2D eigenvalue weighted by Crippen LogP contribution is 2.17. The van der Waals surface area contributed by atoms with Crippen molar-refractivity contribution in [1.29, 1.82) is 0 Å². The van der Waals surface area contributed by atoms with Crippen molar-refractivity contribution in [3.8, 4) is 0 Å². The van der Waals surface area contributed by atoms with Crippen molar-refractivity contribution in [1.82, 2.24) is 0 Å². The SMILES string of the molecule is CC(C)S(=O)(=O)Nc1cccc(S(=O)(=O)O)c1. The van der Waals surface area contributed by atoms with E-state index in [2.05, 4.69) is 4.72 Å². The number of hydrogen-bond acceptors (Lipinski definition) is 4. The van der Waals surface area contributed by atoms with Crippen molar-refractivity contribution < 1.29 is 21.4 Å². The van der Waals surface area contributed by atoms with Crippen LogP contribution >= 0.6 is 0 Å². The van der Waals surface area contributed by atoms with E-state index in [4.69, 9.17) is 4.55 Å². The molecule has 0 fully saturated rings. The third kappa shape index (κ3) is 3.69. The predicted octanol–water partition coefficient (Wildman–Crippen LogP) is 1.08. The van der Waals surface area contributed by atoms with Gasteiger partial charge < -0.3 is 0 Å². The molecule has 0 amide bonds. The summed E-state index contributed by atoms with van der Waals surface area (Å²) in [6, 6.07) is 4.95. The summed E-state index contributed by atoms with van der Waals surface area (Å²) in [4.78, 5) is -0.360. The Morgan fingerprint density at radius 3 is 2.24 bits per heavy atom. The smallest absolute Gasteiger partial charge is 0.283 e. The van der Waals surface area contributed by atoms with Crippen LogP contribution in [-0.2, 0) is 20.1 Å². The van der Waals surface area contributed by atoms with E-state index in [1.165, 1.54) is 32.0 Å². The number of sulfonamides is 1. The van der Waals surface area contributed by atoms with Crippen molar-refractivity contribution in [3.05, 3.63) is 24.3 Å². The quantitative estimate of drug-likeness (QED) is 0.803. The van der Waals surface area contributed by atoms with Gasteiger partial charge in [-0.15, -0.1) is 0 Å². The molecule has 0 aliphatic rings. The third-order valence-corrected chi connectivity index (χ3v) is 4.62. The summed E-state index contributed by atoms with van der Waals surface area (Å²) >= 11 is 0. The van der Waals surface area contributed by atoms with E-state index in [1.54, 1.807) is 0 Å². The van der Waals surface area contributed by atoms with Crippen LogP contribution in [-0.4, -0.2) is 26.6 Å². The van der Waals surface area contributed by atoms with E-state index >= 15 is 0 Å². The first-order valence-corrected chi connectivity index (χ1v) is 7.71. The van der Waals surface area contributed by atoms with Gasteiger partial charge in [0.05, 0.1) is 10.1 Å². The zero-order valence-corrected chi connectivity index (χ0v) is 10.9. The molecule has 1 rings (SSSR count). The fraction of sp³-hybridized carbons (Fsp3) is 0.333. The highest BCUT2D eigenvalue weighted by atomic mass is 32.2. The molecule has 0 unspecified atom stereocenters. The van der Waals surface area contributed by atoms with E-state index in [1.807, 2.05) is 0 Å². The summed E-state index contributed by atoms with van der Waals surface area (Å²) in [7, 11) is -7.88. The Hall–Kier alpha value is -1.12. The largest absolute Gasteiger partial charge is 0.294 e. The van der Waals surface area contributed by atoms with Gasteiger partial charge in [-0.3, -0.25) is 9.27 Å². The fourth-order valence-corrected chi connectivity index (χ4v) is 2.22. The first-order chi connectivity index (χ1) is 7.63. The molecule has 0 bridgehead atoms. The van der Waals surface area contributed by atoms with Crippen LogP contribution in [0.5, 0.6) is 0 Å². The number of anilines is 1. The molecule has 6 nitrogen and oxygen atoms in total. The normalized spacial score (nSPS) is 12.7. The molecule has 17 heavy (non-hydrogen) atoms.